The molecule has 1 rings (SSSR count). The zero-order valence-electron chi connectivity index (χ0n) is 12.6. The summed E-state index contributed by atoms with van der Waals surface area (Å²) in [6.07, 6.45) is -2.72. The number of halogens is 3. The van der Waals surface area contributed by atoms with Gasteiger partial charge in [0.1, 0.15) is 12.6 Å². The first kappa shape index (κ1) is 19.6. The van der Waals surface area contributed by atoms with Gasteiger partial charge < -0.3 is 16.0 Å². The number of hydrogen-bond acceptors (Lipinski definition) is 4. The topological polar surface area (TPSA) is 94.0 Å². The van der Waals surface area contributed by atoms with Crippen LogP contribution in [0.15, 0.2) is 24.3 Å². The van der Waals surface area contributed by atoms with E-state index >= 15 is 0 Å². The van der Waals surface area contributed by atoms with Gasteiger partial charge in [-0.1, -0.05) is 0 Å². The van der Waals surface area contributed by atoms with Crippen LogP contribution in [-0.2, 0) is 11.0 Å². The highest BCUT2D eigenvalue weighted by Crippen LogP contribution is 2.29. The number of nitrogens with one attached hydrogen (secondary N) is 3. The van der Waals surface area contributed by atoms with Gasteiger partial charge in [0.05, 0.1) is 11.6 Å². The van der Waals surface area contributed by atoms with E-state index in [1.807, 2.05) is 0 Å². The Kier molecular flexibility index (Phi) is 7.38. The van der Waals surface area contributed by atoms with Gasteiger partial charge in [-0.15, -0.1) is 0 Å². The van der Waals surface area contributed by atoms with Crippen molar-refractivity contribution < 1.29 is 22.8 Å². The van der Waals surface area contributed by atoms with Crippen molar-refractivity contribution in [2.24, 2.45) is 0 Å². The summed E-state index contributed by atoms with van der Waals surface area (Å²) in [4.78, 5) is 23.7. The van der Waals surface area contributed by atoms with Crippen LogP contribution < -0.4 is 16.0 Å². The van der Waals surface area contributed by atoms with E-state index in [0.717, 1.165) is 24.3 Å². The fourth-order valence-corrected chi connectivity index (χ4v) is 2.24. The fourth-order valence-electron chi connectivity index (χ4n) is 1.67. The van der Waals surface area contributed by atoms with Gasteiger partial charge in [-0.25, -0.2) is 4.79 Å². The molecule has 0 saturated heterocycles. The second-order valence-corrected chi connectivity index (χ2v) is 5.47. The molecule has 0 saturated carbocycles. The average Bonchev–Trinajstić information content (AvgIpc) is 2.51. The standard InChI is InChI=1S/C14H15F3N4O2S/c1-24-8-11(12(22)19-7-6-18)21-13(23)20-10-4-2-9(3-5-10)14(15,16)17/h2-5,11H,7-8H2,1H3,(H,19,22)(H2,20,21,23). The SMILES string of the molecule is CSCC(NC(=O)Nc1ccc(C(F)(F)F)cc1)C(=O)NCC#N. The molecule has 0 bridgehead atoms. The lowest BCUT2D eigenvalue weighted by atomic mass is 10.2. The van der Waals surface area contributed by atoms with Crippen molar-refractivity contribution in [3.05, 3.63) is 29.8 Å². The van der Waals surface area contributed by atoms with Gasteiger partial charge in [-0.05, 0) is 30.5 Å². The lowest BCUT2D eigenvalue weighted by Gasteiger charge is -2.17. The van der Waals surface area contributed by atoms with Crippen molar-refractivity contribution in [1.29, 1.82) is 5.26 Å². The van der Waals surface area contributed by atoms with Crippen molar-refractivity contribution in [3.63, 3.8) is 0 Å². The van der Waals surface area contributed by atoms with Gasteiger partial charge in [0.15, 0.2) is 0 Å². The van der Waals surface area contributed by atoms with Crippen LogP contribution in [0.2, 0.25) is 0 Å². The van der Waals surface area contributed by atoms with E-state index in [9.17, 15) is 22.8 Å². The molecule has 6 nitrogen and oxygen atoms in total. The maximum Gasteiger partial charge on any atom is 0.416 e. The molecule has 1 aromatic carbocycles. The number of nitrogens with zero attached hydrogens (tertiary/aromatic N) is 1. The molecule has 0 radical (unpaired) electrons. The molecule has 0 aromatic heterocycles. The first-order valence-electron chi connectivity index (χ1n) is 6.66. The van der Waals surface area contributed by atoms with Gasteiger partial charge in [0, 0.05) is 11.4 Å². The second-order valence-electron chi connectivity index (χ2n) is 4.56. The monoisotopic (exact) mass is 360 g/mol. The maximum absolute atomic E-state index is 12.5. The van der Waals surface area contributed by atoms with E-state index in [-0.39, 0.29) is 18.0 Å². The Labute approximate surface area is 140 Å². The summed E-state index contributed by atoms with van der Waals surface area (Å²) < 4.78 is 37.4. The molecule has 1 atom stereocenters. The number of carbonyl (C=O) groups is 2. The van der Waals surface area contributed by atoms with E-state index in [4.69, 9.17) is 5.26 Å². The summed E-state index contributed by atoms with van der Waals surface area (Å²) in [6, 6.07) is 4.05. The Hall–Kier alpha value is -2.41. The summed E-state index contributed by atoms with van der Waals surface area (Å²) in [7, 11) is 0. The lowest BCUT2D eigenvalue weighted by molar-refractivity contribution is -0.137. The van der Waals surface area contributed by atoms with Crippen LogP contribution in [0.25, 0.3) is 0 Å². The van der Waals surface area contributed by atoms with Crippen molar-refractivity contribution in [2.75, 3.05) is 23.9 Å². The van der Waals surface area contributed by atoms with E-state index in [2.05, 4.69) is 16.0 Å². The molecule has 3 N–H and O–H groups in total. The van der Waals surface area contributed by atoms with Crippen LogP contribution in [-0.4, -0.2) is 36.5 Å². The summed E-state index contributed by atoms with van der Waals surface area (Å²) in [5.41, 5.74) is -0.676. The Morgan fingerprint density at radius 3 is 2.42 bits per heavy atom. The van der Waals surface area contributed by atoms with Crippen LogP contribution in [0.1, 0.15) is 5.56 Å². The Bertz CT molecular complexity index is 614. The highest BCUT2D eigenvalue weighted by atomic mass is 32.2. The minimum Gasteiger partial charge on any atom is -0.341 e. The molecule has 10 heteroatoms. The lowest BCUT2D eigenvalue weighted by Crippen LogP contribution is -2.49. The highest BCUT2D eigenvalue weighted by Gasteiger charge is 2.30. The van der Waals surface area contributed by atoms with E-state index in [1.165, 1.54) is 11.8 Å². The third-order valence-corrected chi connectivity index (χ3v) is 3.43. The van der Waals surface area contributed by atoms with Crippen LogP contribution in [0.4, 0.5) is 23.7 Å². The number of benzene rings is 1. The Morgan fingerprint density at radius 2 is 1.92 bits per heavy atom. The van der Waals surface area contributed by atoms with E-state index < -0.39 is 29.7 Å². The predicted octanol–water partition coefficient (Wildman–Crippen LogP) is 2.20. The van der Waals surface area contributed by atoms with Crippen molar-refractivity contribution >= 4 is 29.4 Å². The molecule has 0 heterocycles. The fraction of sp³-hybridized carbons (Fsp3) is 0.357. The van der Waals surface area contributed by atoms with Gasteiger partial charge in [-0.3, -0.25) is 4.79 Å². The summed E-state index contributed by atoms with van der Waals surface area (Å²) >= 11 is 1.31. The third-order valence-electron chi connectivity index (χ3n) is 2.77. The first-order valence-corrected chi connectivity index (χ1v) is 8.05. The number of rotatable bonds is 6. The minimum absolute atomic E-state index is 0.154. The molecule has 3 amide bonds. The zero-order chi connectivity index (χ0) is 18.2. The van der Waals surface area contributed by atoms with Crippen molar-refractivity contribution in [2.45, 2.75) is 12.2 Å². The van der Waals surface area contributed by atoms with Gasteiger partial charge >= 0.3 is 12.2 Å². The minimum atomic E-state index is -4.46. The number of nitriles is 1. The molecular weight excluding hydrogens is 345 g/mol. The van der Waals surface area contributed by atoms with Gasteiger partial charge in [-0.2, -0.15) is 30.2 Å². The number of thioether (sulfide) groups is 1. The number of alkyl halides is 3. The molecule has 0 spiro atoms. The number of carbonyl (C=O) groups excluding carboxylic acids is 2. The summed E-state index contributed by atoms with van der Waals surface area (Å²) in [5.74, 6) is -0.244. The van der Waals surface area contributed by atoms with Crippen LogP contribution in [0, 0.1) is 11.3 Å². The van der Waals surface area contributed by atoms with E-state index in [0.29, 0.717) is 0 Å². The summed E-state index contributed by atoms with van der Waals surface area (Å²) in [5, 5.41) is 15.5. The molecule has 0 aliphatic heterocycles. The predicted molar refractivity (Wildman–Crippen MR) is 84.4 cm³/mol. The third kappa shape index (κ3) is 6.37. The molecular formula is C14H15F3N4O2S. The number of anilines is 1. The molecule has 1 unspecified atom stereocenters. The smallest absolute Gasteiger partial charge is 0.341 e. The summed E-state index contributed by atoms with van der Waals surface area (Å²) in [6.45, 7) is -0.189. The quantitative estimate of drug-likeness (QED) is 0.678. The second kappa shape index (κ2) is 9.02. The van der Waals surface area contributed by atoms with Crippen molar-refractivity contribution in [3.8, 4) is 6.07 Å². The number of urea groups is 1. The molecule has 0 aliphatic rings. The van der Waals surface area contributed by atoms with Crippen LogP contribution in [0.5, 0.6) is 0 Å². The average molecular weight is 360 g/mol. The number of hydrogen-bond donors (Lipinski definition) is 3. The normalized spacial score (nSPS) is 12.0. The van der Waals surface area contributed by atoms with Gasteiger partial charge in [0.25, 0.3) is 0 Å². The first-order chi connectivity index (χ1) is 11.3. The number of amides is 3. The van der Waals surface area contributed by atoms with Crippen LogP contribution >= 0.6 is 11.8 Å². The van der Waals surface area contributed by atoms with E-state index in [1.54, 1.807) is 12.3 Å². The Morgan fingerprint density at radius 1 is 1.29 bits per heavy atom. The van der Waals surface area contributed by atoms with Gasteiger partial charge in [0.2, 0.25) is 5.91 Å². The Balaban J connectivity index is 2.65. The molecule has 0 aliphatic carbocycles. The maximum atomic E-state index is 12.5. The molecule has 130 valence electrons. The zero-order valence-corrected chi connectivity index (χ0v) is 13.4. The molecule has 1 aromatic rings. The van der Waals surface area contributed by atoms with Crippen molar-refractivity contribution in [1.82, 2.24) is 10.6 Å². The largest absolute Gasteiger partial charge is 0.416 e. The molecule has 24 heavy (non-hydrogen) atoms. The molecule has 0 fully saturated rings. The van der Waals surface area contributed by atoms with Crippen LogP contribution in [0.3, 0.4) is 0 Å². The highest BCUT2D eigenvalue weighted by molar-refractivity contribution is 7.98.